The molecule has 0 fully saturated rings. The maximum absolute atomic E-state index is 2.35. The highest BCUT2D eigenvalue weighted by Crippen LogP contribution is 2.41. The van der Waals surface area contributed by atoms with Gasteiger partial charge in [-0.15, -0.1) is 0 Å². The fourth-order valence-electron chi connectivity index (χ4n) is 9.26. The average molecular weight is 828 g/mol. The highest BCUT2D eigenvalue weighted by atomic mass is 15.1. The second kappa shape index (κ2) is 17.7. The third kappa shape index (κ3) is 8.04. The number of nitrogens with zero attached hydrogens (tertiary/aromatic N) is 1. The van der Waals surface area contributed by atoms with Gasteiger partial charge in [-0.3, -0.25) is 0 Å². The van der Waals surface area contributed by atoms with Crippen molar-refractivity contribution in [1.29, 1.82) is 0 Å². The zero-order valence-corrected chi connectivity index (χ0v) is 35.9. The maximum Gasteiger partial charge on any atom is 0.0462 e. The third-order valence-electron chi connectivity index (χ3n) is 12.5. The van der Waals surface area contributed by atoms with Crippen LogP contribution in [0.5, 0.6) is 0 Å². The molecule has 0 heterocycles. The van der Waals surface area contributed by atoms with Gasteiger partial charge in [0.1, 0.15) is 0 Å². The predicted molar refractivity (Wildman–Crippen MR) is 277 cm³/mol. The van der Waals surface area contributed by atoms with Gasteiger partial charge in [-0.2, -0.15) is 0 Å². The molecule has 1 heteroatoms. The summed E-state index contributed by atoms with van der Waals surface area (Å²) in [7, 11) is 0. The van der Waals surface area contributed by atoms with E-state index in [1.165, 1.54) is 88.7 Å². The number of hydrogen-bond acceptors (Lipinski definition) is 1. The van der Waals surface area contributed by atoms with Gasteiger partial charge in [0.15, 0.2) is 0 Å². The van der Waals surface area contributed by atoms with Crippen molar-refractivity contribution in [2.24, 2.45) is 0 Å². The van der Waals surface area contributed by atoms with Gasteiger partial charge >= 0.3 is 0 Å². The lowest BCUT2D eigenvalue weighted by Gasteiger charge is -2.26. The topological polar surface area (TPSA) is 3.24 Å². The van der Waals surface area contributed by atoms with Crippen LogP contribution in [-0.2, 0) is 0 Å². The van der Waals surface area contributed by atoms with Gasteiger partial charge < -0.3 is 4.90 Å². The molecule has 11 aromatic carbocycles. The van der Waals surface area contributed by atoms with E-state index in [4.69, 9.17) is 0 Å². The lowest BCUT2D eigenvalue weighted by atomic mass is 9.90. The number of rotatable bonds is 10. The molecule has 0 bridgehead atoms. The second-order valence-corrected chi connectivity index (χ2v) is 16.5. The first-order valence-corrected chi connectivity index (χ1v) is 22.3. The minimum atomic E-state index is 1.09. The summed E-state index contributed by atoms with van der Waals surface area (Å²) >= 11 is 0. The molecule has 65 heavy (non-hydrogen) atoms. The predicted octanol–water partition coefficient (Wildman–Crippen LogP) is 18.0. The Balaban J connectivity index is 0.935. The number of fused-ring (bicyclic) bond motifs is 1. The Hall–Kier alpha value is -8.52. The molecule has 0 spiro atoms. The Bertz CT molecular complexity index is 3370. The van der Waals surface area contributed by atoms with Crippen molar-refractivity contribution in [3.8, 4) is 77.9 Å². The van der Waals surface area contributed by atoms with Gasteiger partial charge in [0, 0.05) is 17.1 Å². The molecule has 11 rings (SSSR count). The minimum Gasteiger partial charge on any atom is -0.311 e. The summed E-state index contributed by atoms with van der Waals surface area (Å²) in [6, 6.07) is 98.7. The molecular formula is C64H45N. The summed E-state index contributed by atoms with van der Waals surface area (Å²) in [4.78, 5) is 2.35. The van der Waals surface area contributed by atoms with E-state index < -0.39 is 0 Å². The van der Waals surface area contributed by atoms with Crippen LogP contribution in [0.4, 0.5) is 17.1 Å². The molecule has 0 radical (unpaired) electrons. The molecular weight excluding hydrogens is 783 g/mol. The van der Waals surface area contributed by atoms with Crippen LogP contribution in [0.1, 0.15) is 0 Å². The van der Waals surface area contributed by atoms with Crippen molar-refractivity contribution in [2.75, 3.05) is 4.90 Å². The molecule has 0 aliphatic heterocycles. The number of hydrogen-bond donors (Lipinski definition) is 0. The summed E-state index contributed by atoms with van der Waals surface area (Å²) < 4.78 is 0. The van der Waals surface area contributed by atoms with Crippen molar-refractivity contribution >= 4 is 27.8 Å². The fourth-order valence-corrected chi connectivity index (χ4v) is 9.26. The smallest absolute Gasteiger partial charge is 0.0462 e. The Labute approximate surface area is 381 Å². The molecule has 0 unspecified atom stereocenters. The number of benzene rings is 11. The highest BCUT2D eigenvalue weighted by molar-refractivity contribution is 6.06. The Morgan fingerprint density at radius 2 is 0.477 bits per heavy atom. The first kappa shape index (κ1) is 39.3. The summed E-state index contributed by atoms with van der Waals surface area (Å²) in [5.74, 6) is 0. The molecule has 0 N–H and O–H groups in total. The first-order valence-electron chi connectivity index (χ1n) is 22.3. The SMILES string of the molecule is c1ccc(-c2ccc(N(c3ccc(-c4cccc(-c5ccccc5-c5ccccc5)c4)cc3)c3ccc(-c4cccc(-c5cccc6cccc(-c7ccccc7)c56)c4)cc3)cc2)cc1. The highest BCUT2D eigenvalue weighted by Gasteiger charge is 2.16. The van der Waals surface area contributed by atoms with E-state index in [0.717, 1.165) is 17.1 Å². The molecule has 0 saturated heterocycles. The van der Waals surface area contributed by atoms with Crippen molar-refractivity contribution in [3.05, 3.63) is 273 Å². The monoisotopic (exact) mass is 827 g/mol. The van der Waals surface area contributed by atoms with Crippen LogP contribution in [0, 0.1) is 0 Å². The standard InChI is InChI=1S/C64H45N/c1-4-16-46(17-5-1)47-32-38-57(39-33-47)65(58-40-34-48(35-41-58)53-24-12-26-55(44-53)61-29-11-10-28-60(61)50-18-6-2-7-19-50)59-42-36-49(37-43-59)54-25-13-27-56(45-54)63-31-15-23-52-22-14-30-62(64(52)63)51-20-8-3-9-21-51/h1-45H. The van der Waals surface area contributed by atoms with Crippen LogP contribution in [0.2, 0.25) is 0 Å². The minimum absolute atomic E-state index is 1.09. The van der Waals surface area contributed by atoms with E-state index >= 15 is 0 Å². The van der Waals surface area contributed by atoms with Crippen molar-refractivity contribution in [1.82, 2.24) is 0 Å². The van der Waals surface area contributed by atoms with Crippen LogP contribution < -0.4 is 4.90 Å². The van der Waals surface area contributed by atoms with E-state index in [0.29, 0.717) is 0 Å². The largest absolute Gasteiger partial charge is 0.311 e. The van der Waals surface area contributed by atoms with E-state index in [2.05, 4.69) is 278 Å². The van der Waals surface area contributed by atoms with Gasteiger partial charge in [-0.05, 0) is 137 Å². The molecule has 0 aliphatic rings. The van der Waals surface area contributed by atoms with Gasteiger partial charge in [0.05, 0.1) is 0 Å². The summed E-state index contributed by atoms with van der Waals surface area (Å²) in [6.45, 7) is 0. The maximum atomic E-state index is 2.35. The second-order valence-electron chi connectivity index (χ2n) is 16.5. The molecule has 1 nitrogen and oxygen atoms in total. The van der Waals surface area contributed by atoms with Crippen molar-refractivity contribution < 1.29 is 0 Å². The first-order chi connectivity index (χ1) is 32.2. The molecule has 0 atom stereocenters. The van der Waals surface area contributed by atoms with Gasteiger partial charge in [-0.1, -0.05) is 224 Å². The van der Waals surface area contributed by atoms with E-state index in [9.17, 15) is 0 Å². The average Bonchev–Trinajstić information content (AvgIpc) is 3.40. The third-order valence-corrected chi connectivity index (χ3v) is 12.5. The molecule has 0 saturated carbocycles. The zero-order chi connectivity index (χ0) is 43.4. The summed E-state index contributed by atoms with van der Waals surface area (Å²) in [5.41, 5.74) is 20.1. The Morgan fingerprint density at radius 3 is 0.954 bits per heavy atom. The van der Waals surface area contributed by atoms with Gasteiger partial charge in [-0.25, -0.2) is 0 Å². The van der Waals surface area contributed by atoms with Crippen molar-refractivity contribution in [3.63, 3.8) is 0 Å². The lowest BCUT2D eigenvalue weighted by Crippen LogP contribution is -2.09. The molecule has 0 aromatic heterocycles. The van der Waals surface area contributed by atoms with E-state index in [1.54, 1.807) is 0 Å². The molecule has 0 aliphatic carbocycles. The van der Waals surface area contributed by atoms with Crippen molar-refractivity contribution in [2.45, 2.75) is 0 Å². The molecule has 0 amide bonds. The molecule has 11 aromatic rings. The van der Waals surface area contributed by atoms with Crippen LogP contribution >= 0.6 is 0 Å². The lowest BCUT2D eigenvalue weighted by molar-refractivity contribution is 1.28. The van der Waals surface area contributed by atoms with E-state index in [-0.39, 0.29) is 0 Å². The number of anilines is 3. The van der Waals surface area contributed by atoms with Gasteiger partial charge in [0.25, 0.3) is 0 Å². The van der Waals surface area contributed by atoms with Crippen LogP contribution in [0.25, 0.3) is 88.7 Å². The molecule has 306 valence electrons. The van der Waals surface area contributed by atoms with E-state index in [1.807, 2.05) is 0 Å². The van der Waals surface area contributed by atoms with Gasteiger partial charge in [0.2, 0.25) is 0 Å². The summed E-state index contributed by atoms with van der Waals surface area (Å²) in [6.07, 6.45) is 0. The Kier molecular flexibility index (Phi) is 10.7. The van der Waals surface area contributed by atoms with Crippen LogP contribution in [0.3, 0.4) is 0 Å². The zero-order valence-electron chi connectivity index (χ0n) is 35.9. The summed E-state index contributed by atoms with van der Waals surface area (Å²) in [5, 5.41) is 2.51. The quantitative estimate of drug-likeness (QED) is 0.133. The fraction of sp³-hybridized carbons (Fsp3) is 0. The van der Waals surface area contributed by atoms with Crippen LogP contribution in [0.15, 0.2) is 273 Å². The van der Waals surface area contributed by atoms with Crippen LogP contribution in [-0.4, -0.2) is 0 Å². The Morgan fingerprint density at radius 1 is 0.185 bits per heavy atom. The normalized spacial score (nSPS) is 11.1.